The van der Waals surface area contributed by atoms with Crippen molar-refractivity contribution in [1.82, 2.24) is 0 Å². The van der Waals surface area contributed by atoms with Gasteiger partial charge < -0.3 is 5.11 Å². The van der Waals surface area contributed by atoms with Crippen LogP contribution in [-0.4, -0.2) is 11.2 Å². The third-order valence-electron chi connectivity index (χ3n) is 4.69. The minimum atomic E-state index is -0.416. The molecule has 0 bridgehead atoms. The molecule has 1 aliphatic rings. The molecule has 1 rings (SSSR count). The number of nitrogens with zero attached hydrogens (tertiary/aromatic N) is 1. The van der Waals surface area contributed by atoms with Crippen LogP contribution in [0.1, 0.15) is 90.4 Å². The zero-order chi connectivity index (χ0) is 14.0. The summed E-state index contributed by atoms with van der Waals surface area (Å²) in [5.41, 5.74) is -0.416. The molecule has 1 saturated carbocycles. The van der Waals surface area contributed by atoms with Crippen molar-refractivity contribution in [2.75, 3.05) is 0 Å². The Morgan fingerprint density at radius 1 is 1.00 bits per heavy atom. The molecule has 2 nitrogen and oxygen atoms in total. The summed E-state index contributed by atoms with van der Waals surface area (Å²) < 4.78 is 0. The van der Waals surface area contributed by atoms with Crippen molar-refractivity contribution in [3.63, 3.8) is 0 Å². The van der Waals surface area contributed by atoms with E-state index in [0.29, 0.717) is 0 Å². The third kappa shape index (κ3) is 5.53. The van der Waals surface area contributed by atoms with E-state index in [1.165, 1.54) is 44.9 Å². The van der Waals surface area contributed by atoms with E-state index in [4.69, 9.17) is 0 Å². The summed E-state index contributed by atoms with van der Waals surface area (Å²) >= 11 is 0. The molecular weight excluding hydrogens is 234 g/mol. The number of aliphatic hydroxyl groups excluding tert-OH is 1. The maximum Gasteiger partial charge on any atom is 0.0832 e. The Morgan fingerprint density at radius 3 is 2.16 bits per heavy atom. The fourth-order valence-corrected chi connectivity index (χ4v) is 3.27. The molecule has 0 amide bonds. The zero-order valence-corrected chi connectivity index (χ0v) is 12.7. The van der Waals surface area contributed by atoms with Gasteiger partial charge in [0.05, 0.1) is 17.6 Å². The molecule has 0 aromatic carbocycles. The van der Waals surface area contributed by atoms with Gasteiger partial charge in [-0.3, -0.25) is 0 Å². The van der Waals surface area contributed by atoms with Crippen molar-refractivity contribution in [1.29, 1.82) is 5.26 Å². The molecule has 0 spiro atoms. The summed E-state index contributed by atoms with van der Waals surface area (Å²) in [6.45, 7) is 2.24. The highest BCUT2D eigenvalue weighted by Crippen LogP contribution is 2.40. The zero-order valence-electron chi connectivity index (χ0n) is 12.7. The maximum atomic E-state index is 10.3. The second kappa shape index (κ2) is 9.37. The van der Waals surface area contributed by atoms with Crippen LogP contribution in [-0.2, 0) is 0 Å². The van der Waals surface area contributed by atoms with E-state index >= 15 is 0 Å². The Labute approximate surface area is 119 Å². The van der Waals surface area contributed by atoms with Gasteiger partial charge in [-0.1, -0.05) is 71.1 Å². The largest absolute Gasteiger partial charge is 0.391 e. The summed E-state index contributed by atoms with van der Waals surface area (Å²) in [6.07, 6.45) is 14.6. The lowest BCUT2D eigenvalue weighted by Crippen LogP contribution is -2.35. The average Bonchev–Trinajstić information content (AvgIpc) is 2.46. The third-order valence-corrected chi connectivity index (χ3v) is 4.69. The van der Waals surface area contributed by atoms with E-state index in [1.807, 2.05) is 0 Å². The van der Waals surface area contributed by atoms with E-state index < -0.39 is 11.5 Å². The molecule has 19 heavy (non-hydrogen) atoms. The molecular formula is C17H31NO. The molecule has 2 heteroatoms. The Hall–Kier alpha value is -0.550. The minimum absolute atomic E-state index is 0.395. The first-order chi connectivity index (χ1) is 9.25. The summed E-state index contributed by atoms with van der Waals surface area (Å²) in [5, 5.41) is 19.7. The molecule has 0 aromatic heterocycles. The highest BCUT2D eigenvalue weighted by atomic mass is 16.3. The maximum absolute atomic E-state index is 10.3. The summed E-state index contributed by atoms with van der Waals surface area (Å²) in [4.78, 5) is 0. The predicted molar refractivity (Wildman–Crippen MR) is 79.7 cm³/mol. The van der Waals surface area contributed by atoms with Crippen LogP contribution < -0.4 is 0 Å². The van der Waals surface area contributed by atoms with Crippen molar-refractivity contribution in [3.8, 4) is 6.07 Å². The minimum Gasteiger partial charge on any atom is -0.391 e. The number of rotatable bonds is 9. The molecule has 1 unspecified atom stereocenters. The second-order valence-corrected chi connectivity index (χ2v) is 6.25. The number of aliphatic hydroxyl groups is 1. The lowest BCUT2D eigenvalue weighted by Gasteiger charge is -2.35. The van der Waals surface area contributed by atoms with Crippen LogP contribution in [0.2, 0.25) is 0 Å². The van der Waals surface area contributed by atoms with Crippen LogP contribution in [0.15, 0.2) is 0 Å². The Balaban J connectivity index is 2.15. The number of nitriles is 1. The first-order valence-electron chi connectivity index (χ1n) is 8.34. The molecule has 1 N–H and O–H groups in total. The summed E-state index contributed by atoms with van der Waals surface area (Å²) in [7, 11) is 0. The molecule has 0 radical (unpaired) electrons. The quantitative estimate of drug-likeness (QED) is 0.599. The highest BCUT2D eigenvalue weighted by Gasteiger charge is 2.38. The van der Waals surface area contributed by atoms with Crippen LogP contribution in [0.3, 0.4) is 0 Å². The van der Waals surface area contributed by atoms with E-state index in [1.54, 1.807) is 0 Å². The van der Waals surface area contributed by atoms with Crippen molar-refractivity contribution < 1.29 is 5.11 Å². The fourth-order valence-electron chi connectivity index (χ4n) is 3.27. The molecule has 0 heterocycles. The lowest BCUT2D eigenvalue weighted by molar-refractivity contribution is 0.0289. The van der Waals surface area contributed by atoms with Gasteiger partial charge in [-0.2, -0.15) is 5.26 Å². The van der Waals surface area contributed by atoms with Crippen LogP contribution in [0.5, 0.6) is 0 Å². The summed E-state index contributed by atoms with van der Waals surface area (Å²) in [5.74, 6) is 0. The van der Waals surface area contributed by atoms with Gasteiger partial charge in [0.25, 0.3) is 0 Å². The standard InChI is InChI=1S/C17H31NO/c1-2-3-4-5-6-7-9-12-16(19)17(15-18)13-10-8-11-14-17/h16,19H,2-14H2,1H3. The monoisotopic (exact) mass is 265 g/mol. The first kappa shape index (κ1) is 16.5. The van der Waals surface area contributed by atoms with Crippen molar-refractivity contribution in [2.45, 2.75) is 96.5 Å². The van der Waals surface area contributed by atoms with Crippen LogP contribution in [0.4, 0.5) is 0 Å². The van der Waals surface area contributed by atoms with Crippen molar-refractivity contribution in [3.05, 3.63) is 0 Å². The van der Waals surface area contributed by atoms with E-state index in [2.05, 4.69) is 13.0 Å². The lowest BCUT2D eigenvalue weighted by atomic mass is 9.70. The second-order valence-electron chi connectivity index (χ2n) is 6.25. The summed E-state index contributed by atoms with van der Waals surface area (Å²) in [6, 6.07) is 2.44. The van der Waals surface area contributed by atoms with E-state index in [-0.39, 0.29) is 0 Å². The predicted octanol–water partition coefficient (Wildman–Crippen LogP) is 4.96. The Morgan fingerprint density at radius 2 is 1.58 bits per heavy atom. The normalized spacial score (nSPS) is 19.8. The van der Waals surface area contributed by atoms with Gasteiger partial charge in [-0.25, -0.2) is 0 Å². The number of hydrogen-bond acceptors (Lipinski definition) is 2. The molecule has 0 aromatic rings. The molecule has 1 fully saturated rings. The van der Waals surface area contributed by atoms with Crippen LogP contribution in [0.25, 0.3) is 0 Å². The first-order valence-corrected chi connectivity index (χ1v) is 8.34. The van der Waals surface area contributed by atoms with E-state index in [0.717, 1.165) is 38.5 Å². The van der Waals surface area contributed by atoms with Crippen molar-refractivity contribution in [2.24, 2.45) is 5.41 Å². The fraction of sp³-hybridized carbons (Fsp3) is 0.941. The SMILES string of the molecule is CCCCCCCCCC(O)C1(C#N)CCCCC1. The van der Waals surface area contributed by atoms with Gasteiger partial charge in [-0.05, 0) is 19.3 Å². The number of hydrogen-bond donors (Lipinski definition) is 1. The topological polar surface area (TPSA) is 44.0 Å². The van der Waals surface area contributed by atoms with Crippen molar-refractivity contribution >= 4 is 0 Å². The Bertz CT molecular complexity index is 263. The highest BCUT2D eigenvalue weighted by molar-refractivity contribution is 5.04. The van der Waals surface area contributed by atoms with Gasteiger partial charge in [0.15, 0.2) is 0 Å². The van der Waals surface area contributed by atoms with Gasteiger partial charge >= 0.3 is 0 Å². The molecule has 1 aliphatic carbocycles. The van der Waals surface area contributed by atoms with E-state index in [9.17, 15) is 10.4 Å². The molecule has 0 saturated heterocycles. The van der Waals surface area contributed by atoms with Gasteiger partial charge in [0.1, 0.15) is 0 Å². The molecule has 1 atom stereocenters. The van der Waals surface area contributed by atoms with Crippen LogP contribution in [0, 0.1) is 16.7 Å². The van der Waals surface area contributed by atoms with Gasteiger partial charge in [0, 0.05) is 0 Å². The number of unbranched alkanes of at least 4 members (excludes halogenated alkanes) is 6. The average molecular weight is 265 g/mol. The van der Waals surface area contributed by atoms with Crippen LogP contribution >= 0.6 is 0 Å². The molecule has 110 valence electrons. The Kier molecular flexibility index (Phi) is 8.14. The molecule has 0 aliphatic heterocycles. The van der Waals surface area contributed by atoms with Gasteiger partial charge in [-0.15, -0.1) is 0 Å². The smallest absolute Gasteiger partial charge is 0.0832 e. The van der Waals surface area contributed by atoms with Gasteiger partial charge in [0.2, 0.25) is 0 Å².